The van der Waals surface area contributed by atoms with Gasteiger partial charge in [0, 0.05) is 12.3 Å². The molecule has 0 aromatic carbocycles. The molecule has 0 aliphatic carbocycles. The van der Waals surface area contributed by atoms with Crippen LogP contribution in [0.1, 0.15) is 27.7 Å². The Morgan fingerprint density at radius 1 is 0.857 bits per heavy atom. The van der Waals surface area contributed by atoms with Crippen LogP contribution in [-0.2, 0) is 10.1 Å². The maximum absolute atomic E-state index is 11.8. The van der Waals surface area contributed by atoms with E-state index >= 15 is 0 Å². The minimum atomic E-state index is -5.61. The zero-order valence-electron chi connectivity index (χ0n) is 17.3. The van der Waals surface area contributed by atoms with Crippen LogP contribution >= 0.6 is 0 Å². The predicted molar refractivity (Wildman–Crippen MR) is 110 cm³/mol. The summed E-state index contributed by atoms with van der Waals surface area (Å²) in [5.41, 5.74) is -5.44. The van der Waals surface area contributed by atoms with E-state index in [4.69, 9.17) is 0 Å². The summed E-state index contributed by atoms with van der Waals surface area (Å²) in [6.07, 6.45) is 3.00. The van der Waals surface area contributed by atoms with E-state index in [0.29, 0.717) is 0 Å². The van der Waals surface area contributed by atoms with Crippen LogP contribution in [0.5, 0.6) is 5.88 Å². The monoisotopic (exact) mass is 530 g/mol. The first-order valence-corrected chi connectivity index (χ1v) is 20.2. The minimum absolute atomic E-state index is 0.621. The second-order valence-electron chi connectivity index (χ2n) is 5.62. The molecular weight excluding hydrogens is 500 g/mol. The number of nitrogens with zero attached hydrogens (tertiary/aromatic N) is 2. The van der Waals surface area contributed by atoms with E-state index in [1.807, 2.05) is 40.0 Å². The first-order valence-electron chi connectivity index (χ1n) is 8.77. The molecule has 0 unspecified atom stereocenters. The molecule has 2 aromatic heterocycles. The topological polar surface area (TPSA) is 69.2 Å². The van der Waals surface area contributed by atoms with Crippen LogP contribution < -0.4 is 7.89 Å². The molecule has 0 spiro atoms. The molecule has 28 heavy (non-hydrogen) atoms. The molecule has 0 aliphatic rings. The van der Waals surface area contributed by atoms with Crippen LogP contribution in [0.4, 0.5) is 13.2 Å². The fraction of sp³-hybridized carbons (Fsp3) is 0.444. The van der Waals surface area contributed by atoms with Crippen LogP contribution in [0, 0.1) is 0 Å². The molecule has 0 saturated heterocycles. The normalized spacial score (nSPS) is 10.8. The molecule has 0 aliphatic heterocycles. The van der Waals surface area contributed by atoms with Gasteiger partial charge in [-0.25, -0.2) is 4.98 Å². The van der Waals surface area contributed by atoms with E-state index in [0.717, 1.165) is 12.3 Å². The van der Waals surface area contributed by atoms with Crippen LogP contribution in [0.25, 0.3) is 0 Å². The van der Waals surface area contributed by atoms with Crippen LogP contribution in [0.15, 0.2) is 48.8 Å². The van der Waals surface area contributed by atoms with Crippen molar-refractivity contribution in [1.82, 2.24) is 9.97 Å². The van der Waals surface area contributed by atoms with Gasteiger partial charge in [-0.3, -0.25) is 0 Å². The van der Waals surface area contributed by atoms with Gasteiger partial charge in [-0.1, -0.05) is 33.8 Å². The average Bonchev–Trinajstić information content (AvgIpc) is 2.65. The van der Waals surface area contributed by atoms with Crippen LogP contribution in [0.2, 0.25) is 14.8 Å². The Morgan fingerprint density at radius 3 is 1.61 bits per heavy atom. The van der Waals surface area contributed by atoms with Gasteiger partial charge < -0.3 is 4.18 Å². The van der Waals surface area contributed by atoms with Gasteiger partial charge in [0.15, 0.2) is 0 Å². The Kier molecular flexibility index (Phi) is 14.2. The molecule has 160 valence electrons. The quantitative estimate of drug-likeness (QED) is 0.319. The fourth-order valence-electron chi connectivity index (χ4n) is 1.36. The first kappa shape index (κ1) is 28.8. The summed E-state index contributed by atoms with van der Waals surface area (Å²) in [6.45, 7) is 8.00. The van der Waals surface area contributed by atoms with E-state index in [9.17, 15) is 21.6 Å². The Balaban J connectivity index is 0. The third-order valence-electron chi connectivity index (χ3n) is 2.55. The summed E-state index contributed by atoms with van der Waals surface area (Å²) in [5.74, 6) is -0.621. The van der Waals surface area contributed by atoms with Crippen molar-refractivity contribution >= 4 is 32.2 Å². The molecule has 2 rings (SSSR count). The van der Waals surface area contributed by atoms with E-state index in [1.165, 1.54) is 15.8 Å². The maximum atomic E-state index is 11.8. The van der Waals surface area contributed by atoms with Crippen molar-refractivity contribution in [3.63, 3.8) is 0 Å². The molecule has 2 heterocycles. The zero-order valence-corrected chi connectivity index (χ0v) is 21.0. The van der Waals surface area contributed by atoms with E-state index < -0.39 is 39.9 Å². The summed E-state index contributed by atoms with van der Waals surface area (Å²) in [4.78, 5) is 14.7. The Hall–Kier alpha value is -1.36. The van der Waals surface area contributed by atoms with E-state index in [1.54, 1.807) is 0 Å². The van der Waals surface area contributed by atoms with Crippen molar-refractivity contribution in [2.45, 2.75) is 48.0 Å². The van der Waals surface area contributed by atoms with Crippen molar-refractivity contribution in [3.8, 4) is 5.88 Å². The van der Waals surface area contributed by atoms with Gasteiger partial charge in [0.1, 0.15) is 0 Å². The number of hydrogen-bond donors (Lipinski definition) is 0. The first-order chi connectivity index (χ1) is 12.9. The van der Waals surface area contributed by atoms with Crippen LogP contribution in [-0.4, -0.2) is 42.3 Å². The third-order valence-corrected chi connectivity index (χ3v) is 8.74. The molecule has 10 heteroatoms. The summed E-state index contributed by atoms with van der Waals surface area (Å²) < 4.78 is 61.3. The van der Waals surface area contributed by atoms with Gasteiger partial charge in [-0.05, 0) is 6.07 Å². The molecular formula is C18H29F3N2O3SSn. The second kappa shape index (κ2) is 13.8. The average molecular weight is 529 g/mol. The van der Waals surface area contributed by atoms with Gasteiger partial charge in [0.2, 0.25) is 5.88 Å². The number of hydrogen-bond acceptors (Lipinski definition) is 5. The van der Waals surface area contributed by atoms with Crippen molar-refractivity contribution in [2.75, 3.05) is 0 Å². The number of halogens is 3. The molecule has 2 aromatic rings. The number of pyridine rings is 2. The fourth-order valence-corrected chi connectivity index (χ4v) is 4.80. The van der Waals surface area contributed by atoms with E-state index in [2.05, 4.69) is 41.1 Å². The van der Waals surface area contributed by atoms with Gasteiger partial charge >= 0.3 is 81.9 Å². The summed E-state index contributed by atoms with van der Waals surface area (Å²) in [6, 6.07) is 9.91. The van der Waals surface area contributed by atoms with Crippen molar-refractivity contribution in [1.29, 1.82) is 0 Å². The molecule has 0 bridgehead atoms. The van der Waals surface area contributed by atoms with Gasteiger partial charge in [0.05, 0.1) is 0 Å². The number of alkyl halides is 3. The SMILES string of the molecule is CC.CC.O=S(=O)(Oc1ccccn1)C(F)(F)F.[CH3][Sn]([CH3])([CH3])[c]1ccccn1. The van der Waals surface area contributed by atoms with Gasteiger partial charge in [-0.2, -0.15) is 21.6 Å². The molecule has 0 amide bonds. The summed E-state index contributed by atoms with van der Waals surface area (Å²) in [5, 5.41) is 0. The molecule has 0 radical (unpaired) electrons. The molecule has 0 N–H and O–H groups in total. The molecule has 0 saturated carbocycles. The third kappa shape index (κ3) is 11.5. The molecule has 5 nitrogen and oxygen atoms in total. The Morgan fingerprint density at radius 2 is 1.32 bits per heavy atom. The Labute approximate surface area is 170 Å². The summed E-state index contributed by atoms with van der Waals surface area (Å²) in [7, 11) is -5.61. The number of aromatic nitrogens is 2. The second-order valence-corrected chi connectivity index (χ2v) is 21.5. The standard InChI is InChI=1S/C6H4F3NO3S.C5H4N.2C2H6.3CH3.Sn/c7-6(8,9)14(11,12)13-5-3-1-2-4-10-5;1-2-4-6-5-3-1;2*1-2;;;;/h1-4H;1-4H;2*1-2H3;3*1H3;. The zero-order chi connectivity index (χ0) is 22.4. The van der Waals surface area contributed by atoms with Crippen molar-refractivity contribution < 1.29 is 25.8 Å². The summed E-state index contributed by atoms with van der Waals surface area (Å²) >= 11 is -1.82. The van der Waals surface area contributed by atoms with Gasteiger partial charge in [0.25, 0.3) is 0 Å². The molecule has 0 atom stereocenters. The van der Waals surface area contributed by atoms with Crippen molar-refractivity contribution in [2.24, 2.45) is 0 Å². The number of rotatable bonds is 3. The van der Waals surface area contributed by atoms with Crippen LogP contribution in [0.3, 0.4) is 0 Å². The Bertz CT molecular complexity index is 736. The molecule has 0 fully saturated rings. The van der Waals surface area contributed by atoms with Crippen molar-refractivity contribution in [3.05, 3.63) is 48.8 Å². The predicted octanol–water partition coefficient (Wildman–Crippen LogP) is 4.99. The van der Waals surface area contributed by atoms with E-state index in [-0.39, 0.29) is 0 Å². The van der Waals surface area contributed by atoms with Gasteiger partial charge in [-0.15, -0.1) is 0 Å².